The molecular weight excluding hydrogens is 204 g/mol. The number of pyridine rings is 1. The minimum absolute atomic E-state index is 0.541. The van der Waals surface area contributed by atoms with Gasteiger partial charge in [-0.25, -0.2) is 0 Å². The monoisotopic (exact) mass is 216 g/mol. The van der Waals surface area contributed by atoms with Gasteiger partial charge in [0, 0.05) is 12.7 Å². The maximum Gasteiger partial charge on any atom is 0.183 e. The summed E-state index contributed by atoms with van der Waals surface area (Å²) in [5, 5.41) is 8.32. The van der Waals surface area contributed by atoms with E-state index < -0.39 is 0 Å². The number of ether oxygens (including phenoxy) is 1. The van der Waals surface area contributed by atoms with E-state index in [-0.39, 0.29) is 0 Å². The van der Waals surface area contributed by atoms with E-state index in [2.05, 4.69) is 19.7 Å². The summed E-state index contributed by atoms with van der Waals surface area (Å²) in [5.41, 5.74) is 2.02. The van der Waals surface area contributed by atoms with Crippen LogP contribution < -0.4 is 0 Å². The Morgan fingerprint density at radius 3 is 3.19 bits per heavy atom. The average Bonchev–Trinajstić information content (AvgIpc) is 2.74. The fourth-order valence-corrected chi connectivity index (χ4v) is 1.89. The molecule has 0 radical (unpaired) electrons. The van der Waals surface area contributed by atoms with Crippen LogP contribution in [0, 0.1) is 6.92 Å². The van der Waals surface area contributed by atoms with Crippen molar-refractivity contribution >= 4 is 0 Å². The van der Waals surface area contributed by atoms with Crippen molar-refractivity contribution in [2.45, 2.75) is 20.1 Å². The zero-order valence-electron chi connectivity index (χ0n) is 9.05. The van der Waals surface area contributed by atoms with E-state index in [1.54, 1.807) is 6.20 Å². The number of aromatic nitrogens is 4. The summed E-state index contributed by atoms with van der Waals surface area (Å²) in [4.78, 5) is 4.36. The highest BCUT2D eigenvalue weighted by atomic mass is 16.5. The molecule has 0 saturated carbocycles. The third kappa shape index (κ3) is 1.40. The molecule has 0 unspecified atom stereocenters. The first-order valence-electron chi connectivity index (χ1n) is 5.28. The standard InChI is InChI=1S/C11H12N4O/c1-8-3-2-4-12-10(8)11-14-13-9-7-16-6-5-15(9)11/h2-4H,5-7H2,1H3. The van der Waals surface area contributed by atoms with Crippen molar-refractivity contribution in [3.8, 4) is 11.5 Å². The molecule has 2 aromatic heterocycles. The van der Waals surface area contributed by atoms with Crippen molar-refractivity contribution in [3.05, 3.63) is 29.7 Å². The summed E-state index contributed by atoms with van der Waals surface area (Å²) in [5.74, 6) is 1.72. The van der Waals surface area contributed by atoms with Gasteiger partial charge in [0.15, 0.2) is 11.6 Å². The maximum absolute atomic E-state index is 5.33. The van der Waals surface area contributed by atoms with Crippen LogP contribution in [0.15, 0.2) is 18.3 Å². The number of rotatable bonds is 1. The van der Waals surface area contributed by atoms with Gasteiger partial charge in [0.05, 0.1) is 6.61 Å². The predicted octanol–water partition coefficient (Wildman–Crippen LogP) is 1.18. The summed E-state index contributed by atoms with van der Waals surface area (Å²) in [7, 11) is 0. The second-order valence-electron chi connectivity index (χ2n) is 3.81. The van der Waals surface area contributed by atoms with E-state index in [0.717, 1.165) is 29.5 Å². The smallest absolute Gasteiger partial charge is 0.183 e. The zero-order chi connectivity index (χ0) is 11.0. The van der Waals surface area contributed by atoms with Crippen molar-refractivity contribution in [3.63, 3.8) is 0 Å². The van der Waals surface area contributed by atoms with Gasteiger partial charge in [0.1, 0.15) is 12.3 Å². The van der Waals surface area contributed by atoms with Gasteiger partial charge in [0.2, 0.25) is 0 Å². The maximum atomic E-state index is 5.33. The van der Waals surface area contributed by atoms with Crippen LogP contribution in [0.4, 0.5) is 0 Å². The minimum Gasteiger partial charge on any atom is -0.372 e. The van der Waals surface area contributed by atoms with Crippen LogP contribution in [0.1, 0.15) is 11.4 Å². The number of aryl methyl sites for hydroxylation is 1. The molecular formula is C11H12N4O. The topological polar surface area (TPSA) is 52.8 Å². The fraction of sp³-hybridized carbons (Fsp3) is 0.364. The highest BCUT2D eigenvalue weighted by molar-refractivity contribution is 5.54. The Bertz CT molecular complexity index is 520. The molecule has 0 amide bonds. The Kier molecular flexibility index (Phi) is 2.18. The second-order valence-corrected chi connectivity index (χ2v) is 3.81. The van der Waals surface area contributed by atoms with Gasteiger partial charge in [0.25, 0.3) is 0 Å². The van der Waals surface area contributed by atoms with Gasteiger partial charge >= 0.3 is 0 Å². The fourth-order valence-electron chi connectivity index (χ4n) is 1.89. The van der Waals surface area contributed by atoms with Crippen LogP contribution in [-0.4, -0.2) is 26.4 Å². The lowest BCUT2D eigenvalue weighted by molar-refractivity contribution is 0.0820. The Hall–Kier alpha value is -1.75. The second kappa shape index (κ2) is 3.68. The number of hydrogen-bond acceptors (Lipinski definition) is 4. The number of nitrogens with zero attached hydrogens (tertiary/aromatic N) is 4. The van der Waals surface area contributed by atoms with Gasteiger partial charge in [-0.2, -0.15) is 0 Å². The van der Waals surface area contributed by atoms with Crippen LogP contribution in [0.2, 0.25) is 0 Å². The van der Waals surface area contributed by atoms with Crippen LogP contribution in [0.5, 0.6) is 0 Å². The first kappa shape index (κ1) is 9.47. The van der Waals surface area contributed by atoms with Crippen LogP contribution >= 0.6 is 0 Å². The summed E-state index contributed by atoms with van der Waals surface area (Å²) in [6, 6.07) is 3.96. The van der Waals surface area contributed by atoms with Crippen molar-refractivity contribution in [2.75, 3.05) is 6.61 Å². The molecule has 1 aliphatic rings. The summed E-state index contributed by atoms with van der Waals surface area (Å²) < 4.78 is 7.41. The Balaban J connectivity index is 2.13. The Morgan fingerprint density at radius 1 is 1.38 bits per heavy atom. The summed E-state index contributed by atoms with van der Waals surface area (Å²) >= 11 is 0. The van der Waals surface area contributed by atoms with Crippen LogP contribution in [0.25, 0.3) is 11.5 Å². The van der Waals surface area contributed by atoms with E-state index >= 15 is 0 Å². The normalized spacial score (nSPS) is 14.8. The van der Waals surface area contributed by atoms with Crippen LogP contribution in [-0.2, 0) is 17.9 Å². The summed E-state index contributed by atoms with van der Waals surface area (Å²) in [6.07, 6.45) is 1.78. The van der Waals surface area contributed by atoms with E-state index in [1.807, 2.05) is 19.1 Å². The largest absolute Gasteiger partial charge is 0.372 e. The highest BCUT2D eigenvalue weighted by Crippen LogP contribution is 2.21. The third-order valence-corrected chi connectivity index (χ3v) is 2.74. The van der Waals surface area contributed by atoms with Gasteiger partial charge in [-0.1, -0.05) is 6.07 Å². The van der Waals surface area contributed by atoms with Crippen molar-refractivity contribution in [1.82, 2.24) is 19.7 Å². The molecule has 0 bridgehead atoms. The molecule has 2 aromatic rings. The quantitative estimate of drug-likeness (QED) is 0.718. The molecule has 0 aromatic carbocycles. The molecule has 0 saturated heterocycles. The molecule has 5 nitrogen and oxygen atoms in total. The number of hydrogen-bond donors (Lipinski definition) is 0. The average molecular weight is 216 g/mol. The molecule has 0 atom stereocenters. The lowest BCUT2D eigenvalue weighted by Crippen LogP contribution is -2.17. The molecule has 0 aliphatic carbocycles. The van der Waals surface area contributed by atoms with Gasteiger partial charge in [-0.15, -0.1) is 10.2 Å². The Labute approximate surface area is 93.1 Å². The molecule has 3 rings (SSSR count). The lowest BCUT2D eigenvalue weighted by Gasteiger charge is -2.15. The number of fused-ring (bicyclic) bond motifs is 1. The predicted molar refractivity (Wildman–Crippen MR) is 57.6 cm³/mol. The first-order valence-corrected chi connectivity index (χ1v) is 5.28. The van der Waals surface area contributed by atoms with E-state index in [9.17, 15) is 0 Å². The molecule has 0 spiro atoms. The lowest BCUT2D eigenvalue weighted by atomic mass is 10.2. The molecule has 3 heterocycles. The Morgan fingerprint density at radius 2 is 2.31 bits per heavy atom. The summed E-state index contributed by atoms with van der Waals surface area (Å²) in [6.45, 7) is 4.08. The van der Waals surface area contributed by atoms with Crippen molar-refractivity contribution in [1.29, 1.82) is 0 Å². The molecule has 82 valence electrons. The molecule has 0 fully saturated rings. The van der Waals surface area contributed by atoms with Crippen molar-refractivity contribution < 1.29 is 4.74 Å². The molecule has 1 aliphatic heterocycles. The van der Waals surface area contributed by atoms with E-state index in [4.69, 9.17) is 4.74 Å². The molecule has 0 N–H and O–H groups in total. The zero-order valence-corrected chi connectivity index (χ0v) is 9.05. The van der Waals surface area contributed by atoms with Crippen molar-refractivity contribution in [2.24, 2.45) is 0 Å². The SMILES string of the molecule is Cc1cccnc1-c1nnc2n1CCOC2. The van der Waals surface area contributed by atoms with E-state index in [0.29, 0.717) is 13.2 Å². The van der Waals surface area contributed by atoms with Gasteiger partial charge in [-0.05, 0) is 18.6 Å². The minimum atomic E-state index is 0.541. The highest BCUT2D eigenvalue weighted by Gasteiger charge is 2.18. The van der Waals surface area contributed by atoms with Crippen LogP contribution in [0.3, 0.4) is 0 Å². The third-order valence-electron chi connectivity index (χ3n) is 2.74. The first-order chi connectivity index (χ1) is 7.86. The molecule has 16 heavy (non-hydrogen) atoms. The van der Waals surface area contributed by atoms with Gasteiger partial charge in [-0.3, -0.25) is 4.98 Å². The van der Waals surface area contributed by atoms with Gasteiger partial charge < -0.3 is 9.30 Å². The van der Waals surface area contributed by atoms with E-state index in [1.165, 1.54) is 0 Å². The molecule has 5 heteroatoms.